The molecule has 1 aliphatic heterocycles. The Kier molecular flexibility index (Phi) is 5.97. The van der Waals surface area contributed by atoms with Crippen LogP contribution in [-0.4, -0.2) is 37.8 Å². The van der Waals surface area contributed by atoms with Crippen molar-refractivity contribution in [3.8, 4) is 0 Å². The van der Waals surface area contributed by atoms with E-state index in [4.69, 9.17) is 0 Å². The molecule has 0 aliphatic carbocycles. The monoisotopic (exact) mass is 437 g/mol. The van der Waals surface area contributed by atoms with Crippen molar-refractivity contribution in [1.29, 1.82) is 0 Å². The summed E-state index contributed by atoms with van der Waals surface area (Å²) in [5.41, 5.74) is 3.69. The van der Waals surface area contributed by atoms with Crippen LogP contribution in [0.2, 0.25) is 0 Å². The van der Waals surface area contributed by atoms with Crippen LogP contribution in [-0.2, 0) is 21.2 Å². The van der Waals surface area contributed by atoms with Crippen molar-refractivity contribution in [2.24, 2.45) is 0 Å². The van der Waals surface area contributed by atoms with Crippen LogP contribution in [0, 0.1) is 0 Å². The van der Waals surface area contributed by atoms with Crippen molar-refractivity contribution in [3.63, 3.8) is 0 Å². The third-order valence-electron chi connectivity index (χ3n) is 5.36. The first-order chi connectivity index (χ1) is 14.4. The predicted octanol–water partition coefficient (Wildman–Crippen LogP) is 4.36. The molecule has 0 spiro atoms. The number of benzene rings is 3. The number of hydrogen-bond acceptors (Lipinski definition) is 4. The van der Waals surface area contributed by atoms with Crippen LogP contribution in [0.25, 0.3) is 0 Å². The first-order valence-electron chi connectivity index (χ1n) is 9.75. The summed E-state index contributed by atoms with van der Waals surface area (Å²) in [5, 5.41) is 0. The Morgan fingerprint density at radius 3 is 2.33 bits per heavy atom. The zero-order valence-electron chi connectivity index (χ0n) is 16.7. The number of amides is 1. The summed E-state index contributed by atoms with van der Waals surface area (Å²) in [7, 11) is -3.21. The van der Waals surface area contributed by atoms with Gasteiger partial charge in [-0.2, -0.15) is 0 Å². The van der Waals surface area contributed by atoms with E-state index in [2.05, 4.69) is 30.3 Å². The minimum Gasteiger partial charge on any atom is -0.337 e. The molecule has 1 aliphatic rings. The molecule has 30 heavy (non-hydrogen) atoms. The number of nitrogens with zero attached hydrogens (tertiary/aromatic N) is 1. The van der Waals surface area contributed by atoms with Gasteiger partial charge in [0.15, 0.2) is 9.84 Å². The lowest BCUT2D eigenvalue weighted by atomic mass is 9.85. The van der Waals surface area contributed by atoms with Crippen LogP contribution in [0.5, 0.6) is 0 Å². The molecule has 3 aromatic rings. The molecule has 154 valence electrons. The minimum atomic E-state index is -3.21. The smallest absolute Gasteiger partial charge is 0.233 e. The zero-order chi connectivity index (χ0) is 21.1. The van der Waals surface area contributed by atoms with Gasteiger partial charge in [0.25, 0.3) is 0 Å². The Balaban J connectivity index is 1.48. The highest BCUT2D eigenvalue weighted by molar-refractivity contribution is 8.00. The summed E-state index contributed by atoms with van der Waals surface area (Å²) in [4.78, 5) is 16.1. The van der Waals surface area contributed by atoms with Crippen LogP contribution in [0.3, 0.4) is 0 Å². The van der Waals surface area contributed by atoms with Crippen molar-refractivity contribution in [1.82, 2.24) is 4.90 Å². The molecular weight excluding hydrogens is 414 g/mol. The van der Waals surface area contributed by atoms with Crippen LogP contribution < -0.4 is 0 Å². The molecule has 4 nitrogen and oxygen atoms in total. The SMILES string of the molecule is CS(=O)(=O)c1ccc(SCC(=O)N2Cc3ccccc3C(c3ccccc3)C2)cc1. The molecule has 0 N–H and O–H groups in total. The third kappa shape index (κ3) is 4.60. The Labute approximate surface area is 181 Å². The fraction of sp³-hybridized carbons (Fsp3) is 0.208. The van der Waals surface area contributed by atoms with E-state index < -0.39 is 9.84 Å². The van der Waals surface area contributed by atoms with E-state index in [1.165, 1.54) is 34.7 Å². The molecule has 1 amide bonds. The largest absolute Gasteiger partial charge is 0.337 e. The molecule has 0 radical (unpaired) electrons. The lowest BCUT2D eigenvalue weighted by molar-refractivity contribution is -0.129. The van der Waals surface area contributed by atoms with Gasteiger partial charge >= 0.3 is 0 Å². The summed E-state index contributed by atoms with van der Waals surface area (Å²) in [6.07, 6.45) is 1.19. The second kappa shape index (κ2) is 8.66. The molecular formula is C24H23NO3S2. The molecule has 0 fully saturated rings. The fourth-order valence-electron chi connectivity index (χ4n) is 3.79. The fourth-order valence-corrected chi connectivity index (χ4v) is 5.22. The summed E-state index contributed by atoms with van der Waals surface area (Å²) < 4.78 is 23.2. The van der Waals surface area contributed by atoms with E-state index in [1.807, 2.05) is 29.2 Å². The van der Waals surface area contributed by atoms with Gasteiger partial charge in [0.2, 0.25) is 5.91 Å². The number of hydrogen-bond donors (Lipinski definition) is 0. The molecule has 1 unspecified atom stereocenters. The zero-order valence-corrected chi connectivity index (χ0v) is 18.3. The molecule has 6 heteroatoms. The summed E-state index contributed by atoms with van der Waals surface area (Å²) in [5.74, 6) is 0.573. The van der Waals surface area contributed by atoms with Gasteiger partial charge in [-0.05, 0) is 41.0 Å². The van der Waals surface area contributed by atoms with Gasteiger partial charge in [0.05, 0.1) is 10.6 Å². The normalized spacial score (nSPS) is 16.2. The Morgan fingerprint density at radius 1 is 0.967 bits per heavy atom. The standard InChI is InChI=1S/C24H23NO3S2/c1-30(27,28)21-13-11-20(12-14-21)29-17-24(26)25-15-19-9-5-6-10-22(19)23(16-25)18-7-3-2-4-8-18/h2-14,23H,15-17H2,1H3. The first kappa shape index (κ1) is 20.7. The highest BCUT2D eigenvalue weighted by Crippen LogP contribution is 2.34. The topological polar surface area (TPSA) is 54.5 Å². The molecule has 1 atom stereocenters. The highest BCUT2D eigenvalue weighted by Gasteiger charge is 2.28. The Bertz CT molecular complexity index is 1140. The van der Waals surface area contributed by atoms with Gasteiger partial charge in [-0.25, -0.2) is 8.42 Å². The minimum absolute atomic E-state index is 0.0858. The Morgan fingerprint density at radius 2 is 1.63 bits per heavy atom. The van der Waals surface area contributed by atoms with Crippen LogP contribution in [0.1, 0.15) is 22.6 Å². The van der Waals surface area contributed by atoms with Crippen molar-refractivity contribution in [2.75, 3.05) is 18.6 Å². The maximum atomic E-state index is 13.0. The van der Waals surface area contributed by atoms with E-state index in [9.17, 15) is 13.2 Å². The van der Waals surface area contributed by atoms with Gasteiger partial charge in [0, 0.05) is 30.2 Å². The van der Waals surface area contributed by atoms with Crippen LogP contribution in [0.15, 0.2) is 88.7 Å². The van der Waals surface area contributed by atoms with Crippen molar-refractivity contribution < 1.29 is 13.2 Å². The molecule has 0 saturated heterocycles. The maximum Gasteiger partial charge on any atom is 0.233 e. The van der Waals surface area contributed by atoms with E-state index in [0.29, 0.717) is 18.8 Å². The van der Waals surface area contributed by atoms with Gasteiger partial charge in [-0.3, -0.25) is 4.79 Å². The molecule has 0 bridgehead atoms. The van der Waals surface area contributed by atoms with Gasteiger partial charge < -0.3 is 4.90 Å². The quantitative estimate of drug-likeness (QED) is 0.557. The van der Waals surface area contributed by atoms with E-state index in [-0.39, 0.29) is 16.7 Å². The third-order valence-corrected chi connectivity index (χ3v) is 7.49. The molecule has 0 saturated carbocycles. The average Bonchev–Trinajstić information content (AvgIpc) is 2.77. The highest BCUT2D eigenvalue weighted by atomic mass is 32.2. The second-order valence-corrected chi connectivity index (χ2v) is 10.5. The van der Waals surface area contributed by atoms with Gasteiger partial charge in [0.1, 0.15) is 0 Å². The van der Waals surface area contributed by atoms with Crippen molar-refractivity contribution in [2.45, 2.75) is 22.3 Å². The summed E-state index contributed by atoms with van der Waals surface area (Å²) >= 11 is 1.43. The lowest BCUT2D eigenvalue weighted by Gasteiger charge is -2.35. The van der Waals surface area contributed by atoms with Crippen LogP contribution in [0.4, 0.5) is 0 Å². The van der Waals surface area contributed by atoms with Gasteiger partial charge in [-0.1, -0.05) is 54.6 Å². The van der Waals surface area contributed by atoms with E-state index >= 15 is 0 Å². The first-order valence-corrected chi connectivity index (χ1v) is 12.6. The van der Waals surface area contributed by atoms with Crippen molar-refractivity contribution >= 4 is 27.5 Å². The number of carbonyl (C=O) groups excluding carboxylic acids is 1. The van der Waals surface area contributed by atoms with E-state index in [0.717, 1.165) is 4.90 Å². The average molecular weight is 438 g/mol. The molecule has 3 aromatic carbocycles. The number of rotatable bonds is 5. The Hall–Kier alpha value is -2.57. The van der Waals surface area contributed by atoms with Crippen LogP contribution >= 0.6 is 11.8 Å². The van der Waals surface area contributed by atoms with E-state index in [1.54, 1.807) is 24.3 Å². The van der Waals surface area contributed by atoms with Gasteiger partial charge in [-0.15, -0.1) is 11.8 Å². The molecule has 1 heterocycles. The number of fused-ring (bicyclic) bond motifs is 1. The number of carbonyl (C=O) groups is 1. The lowest BCUT2D eigenvalue weighted by Crippen LogP contribution is -2.39. The number of sulfone groups is 1. The summed E-state index contributed by atoms with van der Waals surface area (Å²) in [6, 6.07) is 25.3. The molecule has 4 rings (SSSR count). The maximum absolute atomic E-state index is 13.0. The molecule has 0 aromatic heterocycles. The second-order valence-electron chi connectivity index (χ2n) is 7.47. The summed E-state index contributed by atoms with van der Waals surface area (Å²) in [6.45, 7) is 1.28. The number of thioether (sulfide) groups is 1. The predicted molar refractivity (Wildman–Crippen MR) is 120 cm³/mol. The van der Waals surface area contributed by atoms with Crippen molar-refractivity contribution in [3.05, 3.63) is 95.6 Å².